The second-order valence-electron chi connectivity index (χ2n) is 6.94. The van der Waals surface area contributed by atoms with E-state index in [4.69, 9.17) is 4.74 Å². The first kappa shape index (κ1) is 18.2. The fourth-order valence-electron chi connectivity index (χ4n) is 3.20. The summed E-state index contributed by atoms with van der Waals surface area (Å²) in [6.45, 7) is 6.22. The highest BCUT2D eigenvalue weighted by Crippen LogP contribution is 2.28. The lowest BCUT2D eigenvalue weighted by Crippen LogP contribution is -2.43. The molecule has 1 atom stereocenters. The molecule has 0 aromatic carbocycles. The minimum atomic E-state index is -0.0853. The zero-order valence-corrected chi connectivity index (χ0v) is 14.5. The number of likely N-dealkylation sites (tertiary alicyclic amines) is 1. The van der Waals surface area contributed by atoms with Crippen molar-refractivity contribution >= 4 is 11.9 Å². The summed E-state index contributed by atoms with van der Waals surface area (Å²) in [5.41, 5.74) is 0. The van der Waals surface area contributed by atoms with Crippen LogP contribution in [0.2, 0.25) is 0 Å². The standard InChI is InChI=1S/C18H32N2O3/c1-2-23-17(21)8-4-3-5-11-20-12-6-7-16(14-20)18(22)19-13-15-9-10-15/h15-16H,2-14H2,1H3,(H,19,22)/t16-/m0/s1. The van der Waals surface area contributed by atoms with Gasteiger partial charge in [0.05, 0.1) is 12.5 Å². The number of hydrogen-bond acceptors (Lipinski definition) is 4. The predicted octanol–water partition coefficient (Wildman–Crippen LogP) is 2.35. The molecule has 2 fully saturated rings. The Morgan fingerprint density at radius 1 is 1.17 bits per heavy atom. The molecule has 1 amide bonds. The molecule has 1 heterocycles. The van der Waals surface area contributed by atoms with Gasteiger partial charge in [0, 0.05) is 19.5 Å². The summed E-state index contributed by atoms with van der Waals surface area (Å²) >= 11 is 0. The van der Waals surface area contributed by atoms with Crippen LogP contribution >= 0.6 is 0 Å². The predicted molar refractivity (Wildman–Crippen MR) is 90.0 cm³/mol. The topological polar surface area (TPSA) is 58.6 Å². The van der Waals surface area contributed by atoms with Crippen molar-refractivity contribution in [2.75, 3.05) is 32.8 Å². The fraction of sp³-hybridized carbons (Fsp3) is 0.889. The number of ether oxygens (including phenoxy) is 1. The van der Waals surface area contributed by atoms with E-state index in [2.05, 4.69) is 10.2 Å². The van der Waals surface area contributed by atoms with Gasteiger partial charge in [0.1, 0.15) is 0 Å². The first-order valence-corrected chi connectivity index (χ1v) is 9.34. The number of nitrogens with one attached hydrogen (secondary N) is 1. The van der Waals surface area contributed by atoms with Crippen molar-refractivity contribution in [2.45, 2.75) is 58.3 Å². The first-order valence-electron chi connectivity index (χ1n) is 9.34. The van der Waals surface area contributed by atoms with Crippen LogP contribution in [0.4, 0.5) is 0 Å². The zero-order chi connectivity index (χ0) is 16.5. The summed E-state index contributed by atoms with van der Waals surface area (Å²) in [5.74, 6) is 1.09. The molecule has 132 valence electrons. The van der Waals surface area contributed by atoms with E-state index in [1.807, 2.05) is 6.92 Å². The van der Waals surface area contributed by atoms with Crippen LogP contribution < -0.4 is 5.32 Å². The summed E-state index contributed by atoms with van der Waals surface area (Å²) in [6.07, 6.45) is 8.27. The maximum absolute atomic E-state index is 12.2. The third kappa shape index (κ3) is 7.34. The van der Waals surface area contributed by atoms with Gasteiger partial charge in [-0.3, -0.25) is 9.59 Å². The molecule has 5 heteroatoms. The summed E-state index contributed by atoms with van der Waals surface area (Å²) in [7, 11) is 0. The van der Waals surface area contributed by atoms with Gasteiger partial charge < -0.3 is 15.0 Å². The van der Waals surface area contributed by atoms with E-state index >= 15 is 0 Å². The van der Waals surface area contributed by atoms with Gasteiger partial charge in [-0.25, -0.2) is 0 Å². The van der Waals surface area contributed by atoms with Crippen molar-refractivity contribution in [3.8, 4) is 0 Å². The lowest BCUT2D eigenvalue weighted by molar-refractivity contribution is -0.143. The van der Waals surface area contributed by atoms with Crippen LogP contribution in [0.5, 0.6) is 0 Å². The molecule has 0 radical (unpaired) electrons. The molecular formula is C18H32N2O3. The highest BCUT2D eigenvalue weighted by Gasteiger charge is 2.27. The molecule has 5 nitrogen and oxygen atoms in total. The maximum atomic E-state index is 12.2. The van der Waals surface area contributed by atoms with Gasteiger partial charge in [0.25, 0.3) is 0 Å². The van der Waals surface area contributed by atoms with Gasteiger partial charge in [-0.05, 0) is 64.5 Å². The molecule has 2 aliphatic rings. The Balaban J connectivity index is 1.54. The average Bonchev–Trinajstić information content (AvgIpc) is 3.37. The lowest BCUT2D eigenvalue weighted by Gasteiger charge is -2.32. The van der Waals surface area contributed by atoms with Crippen molar-refractivity contribution in [3.63, 3.8) is 0 Å². The summed E-state index contributed by atoms with van der Waals surface area (Å²) in [5, 5.41) is 3.12. The second kappa shape index (κ2) is 9.91. The van der Waals surface area contributed by atoms with Crippen molar-refractivity contribution < 1.29 is 14.3 Å². The van der Waals surface area contributed by atoms with Crippen LogP contribution in [0.15, 0.2) is 0 Å². The van der Waals surface area contributed by atoms with E-state index in [1.165, 1.54) is 12.8 Å². The van der Waals surface area contributed by atoms with Crippen LogP contribution in [0, 0.1) is 11.8 Å². The quantitative estimate of drug-likeness (QED) is 0.495. The monoisotopic (exact) mass is 324 g/mol. The minimum Gasteiger partial charge on any atom is -0.466 e. The van der Waals surface area contributed by atoms with Gasteiger partial charge in [-0.2, -0.15) is 0 Å². The number of hydrogen-bond donors (Lipinski definition) is 1. The molecule has 0 bridgehead atoms. The van der Waals surface area contributed by atoms with Crippen LogP contribution in [0.1, 0.15) is 58.3 Å². The SMILES string of the molecule is CCOC(=O)CCCCCN1CCC[C@H](C(=O)NCC2CC2)C1. The average molecular weight is 324 g/mol. The van der Waals surface area contributed by atoms with Crippen molar-refractivity contribution in [3.05, 3.63) is 0 Å². The lowest BCUT2D eigenvalue weighted by atomic mass is 9.96. The highest BCUT2D eigenvalue weighted by atomic mass is 16.5. The molecule has 1 saturated heterocycles. The molecule has 1 aliphatic heterocycles. The summed E-state index contributed by atoms with van der Waals surface area (Å²) < 4.78 is 4.93. The summed E-state index contributed by atoms with van der Waals surface area (Å²) in [4.78, 5) is 25.9. The van der Waals surface area contributed by atoms with Crippen molar-refractivity contribution in [1.29, 1.82) is 0 Å². The van der Waals surface area contributed by atoms with E-state index in [0.717, 1.165) is 64.2 Å². The number of carbonyl (C=O) groups is 2. The maximum Gasteiger partial charge on any atom is 0.305 e. The smallest absolute Gasteiger partial charge is 0.305 e. The van der Waals surface area contributed by atoms with Gasteiger partial charge in [0.15, 0.2) is 0 Å². The Hall–Kier alpha value is -1.10. The molecule has 1 aliphatic carbocycles. The van der Waals surface area contributed by atoms with E-state index in [0.29, 0.717) is 13.0 Å². The molecule has 1 N–H and O–H groups in total. The number of unbranched alkanes of at least 4 members (excludes halogenated alkanes) is 2. The Labute approximate surface area is 140 Å². The van der Waals surface area contributed by atoms with Gasteiger partial charge in [-0.1, -0.05) is 6.42 Å². The van der Waals surface area contributed by atoms with Gasteiger partial charge >= 0.3 is 5.97 Å². The Morgan fingerprint density at radius 2 is 2.00 bits per heavy atom. The Morgan fingerprint density at radius 3 is 2.74 bits per heavy atom. The minimum absolute atomic E-state index is 0.0853. The molecule has 0 aromatic heterocycles. The molecule has 1 saturated carbocycles. The van der Waals surface area contributed by atoms with E-state index in [9.17, 15) is 9.59 Å². The van der Waals surface area contributed by atoms with Gasteiger partial charge in [0.2, 0.25) is 5.91 Å². The Kier molecular flexibility index (Phi) is 7.86. The fourth-order valence-corrected chi connectivity index (χ4v) is 3.20. The number of nitrogens with zero attached hydrogens (tertiary/aromatic N) is 1. The molecule has 0 aromatic rings. The largest absolute Gasteiger partial charge is 0.466 e. The van der Waals surface area contributed by atoms with E-state index < -0.39 is 0 Å². The number of rotatable bonds is 10. The Bertz CT molecular complexity index is 382. The molecule has 0 unspecified atom stereocenters. The molecular weight excluding hydrogens is 292 g/mol. The number of amides is 1. The van der Waals surface area contributed by atoms with E-state index in [-0.39, 0.29) is 17.8 Å². The second-order valence-corrected chi connectivity index (χ2v) is 6.94. The first-order chi connectivity index (χ1) is 11.2. The van der Waals surface area contributed by atoms with E-state index in [1.54, 1.807) is 0 Å². The van der Waals surface area contributed by atoms with Gasteiger partial charge in [-0.15, -0.1) is 0 Å². The summed E-state index contributed by atoms with van der Waals surface area (Å²) in [6, 6.07) is 0. The molecule has 2 rings (SSSR count). The molecule has 23 heavy (non-hydrogen) atoms. The van der Waals surface area contributed by atoms with Crippen molar-refractivity contribution in [1.82, 2.24) is 10.2 Å². The number of carbonyl (C=O) groups excluding carboxylic acids is 2. The highest BCUT2D eigenvalue weighted by molar-refractivity contribution is 5.79. The number of esters is 1. The van der Waals surface area contributed by atoms with Crippen molar-refractivity contribution in [2.24, 2.45) is 11.8 Å². The number of piperidine rings is 1. The zero-order valence-electron chi connectivity index (χ0n) is 14.5. The van der Waals surface area contributed by atoms with Crippen LogP contribution in [0.3, 0.4) is 0 Å². The normalized spacial score (nSPS) is 21.9. The van der Waals surface area contributed by atoms with Crippen LogP contribution in [0.25, 0.3) is 0 Å². The molecule has 0 spiro atoms. The third-order valence-corrected chi connectivity index (χ3v) is 4.80. The van der Waals surface area contributed by atoms with Crippen LogP contribution in [-0.2, 0) is 14.3 Å². The van der Waals surface area contributed by atoms with Crippen LogP contribution in [-0.4, -0.2) is 49.6 Å². The third-order valence-electron chi connectivity index (χ3n) is 4.80.